The molecule has 0 aromatic heterocycles. The zero-order valence-corrected chi connectivity index (χ0v) is 37.2. The Morgan fingerprint density at radius 1 is 0.683 bits per heavy atom. The van der Waals surface area contributed by atoms with Gasteiger partial charge in [0.05, 0.1) is 56.8 Å². The SMILES string of the molecule is C=S(=O)(O)c1cc(Cl)cc(Cl)c1OC(=O)COCCOCCNC(=O)COCCOCCNC(=O)CC[C@H](NC(=O)CCCCCCCCCOc1ccc(C(=O)O)cc1)C(=O)O. The largest absolute Gasteiger partial charge is 0.494 e. The van der Waals surface area contributed by atoms with Crippen LogP contribution in [0.2, 0.25) is 10.0 Å². The Balaban J connectivity index is 1.39. The van der Waals surface area contributed by atoms with Gasteiger partial charge in [0.15, 0.2) is 5.75 Å². The van der Waals surface area contributed by atoms with Crippen LogP contribution in [0.1, 0.15) is 74.6 Å². The van der Waals surface area contributed by atoms with E-state index in [4.69, 9.17) is 56.7 Å². The molecule has 0 spiro atoms. The molecule has 19 nitrogen and oxygen atoms in total. The minimum atomic E-state index is -3.79. The predicted octanol–water partition coefficient (Wildman–Crippen LogP) is 3.99. The van der Waals surface area contributed by atoms with Gasteiger partial charge in [0, 0.05) is 31.0 Å². The Morgan fingerprint density at radius 3 is 1.86 bits per heavy atom. The lowest BCUT2D eigenvalue weighted by molar-refractivity contribution is -0.142. The van der Waals surface area contributed by atoms with Gasteiger partial charge in [-0.25, -0.2) is 18.6 Å². The number of ether oxygens (including phenoxy) is 6. The van der Waals surface area contributed by atoms with E-state index < -0.39 is 46.3 Å². The maximum absolute atomic E-state index is 12.3. The minimum Gasteiger partial charge on any atom is -0.494 e. The molecule has 1 unspecified atom stereocenters. The molecule has 0 saturated carbocycles. The summed E-state index contributed by atoms with van der Waals surface area (Å²) >= 11 is 11.9. The fraction of sp³-hybridized carbons (Fsp3) is 0.537. The topological polar surface area (TPSA) is 272 Å². The predicted molar refractivity (Wildman–Crippen MR) is 232 cm³/mol. The van der Waals surface area contributed by atoms with E-state index >= 15 is 0 Å². The van der Waals surface area contributed by atoms with Crippen molar-refractivity contribution in [3.63, 3.8) is 0 Å². The van der Waals surface area contributed by atoms with Crippen LogP contribution < -0.4 is 25.4 Å². The molecule has 0 heterocycles. The summed E-state index contributed by atoms with van der Waals surface area (Å²) in [7, 11) is -3.79. The van der Waals surface area contributed by atoms with Gasteiger partial charge in [-0.1, -0.05) is 55.3 Å². The number of aliphatic carboxylic acids is 1. The normalized spacial score (nSPS) is 12.4. The molecule has 63 heavy (non-hydrogen) atoms. The maximum atomic E-state index is 12.3. The Labute approximate surface area is 376 Å². The van der Waals surface area contributed by atoms with Crippen molar-refractivity contribution in [1.82, 2.24) is 16.0 Å². The van der Waals surface area contributed by atoms with Crippen molar-refractivity contribution in [3.8, 4) is 11.5 Å². The number of esters is 1. The number of unbranched alkanes of at least 4 members (excludes halogenated alkanes) is 6. The van der Waals surface area contributed by atoms with Crippen LogP contribution in [0, 0.1) is 0 Å². The fourth-order valence-electron chi connectivity index (χ4n) is 5.40. The van der Waals surface area contributed by atoms with Crippen LogP contribution in [-0.4, -0.2) is 139 Å². The van der Waals surface area contributed by atoms with E-state index in [2.05, 4.69) is 21.8 Å². The highest BCUT2D eigenvalue weighted by Gasteiger charge is 2.22. The lowest BCUT2D eigenvalue weighted by Gasteiger charge is -2.14. The van der Waals surface area contributed by atoms with E-state index in [1.165, 1.54) is 18.2 Å². The molecule has 2 aromatic carbocycles. The van der Waals surface area contributed by atoms with Crippen molar-refractivity contribution in [2.75, 3.05) is 72.6 Å². The molecular formula is C41H57Cl2N3O16S. The number of carbonyl (C=O) groups excluding carboxylic acids is 4. The molecule has 2 rings (SSSR count). The molecule has 6 N–H and O–H groups in total. The summed E-state index contributed by atoms with van der Waals surface area (Å²) in [5.41, 5.74) is 0.208. The van der Waals surface area contributed by atoms with Crippen LogP contribution in [0.15, 0.2) is 41.3 Å². The number of aromatic carboxylic acids is 1. The summed E-state index contributed by atoms with van der Waals surface area (Å²) in [5, 5.41) is 26.1. The molecule has 0 radical (unpaired) electrons. The fourth-order valence-corrected chi connectivity index (χ4v) is 6.80. The van der Waals surface area contributed by atoms with Crippen molar-refractivity contribution < 1.29 is 76.2 Å². The molecule has 0 saturated heterocycles. The third-order valence-electron chi connectivity index (χ3n) is 8.58. The third-order valence-corrected chi connectivity index (χ3v) is 10.1. The number of hydrogen-bond acceptors (Lipinski definition) is 13. The first-order valence-corrected chi connectivity index (χ1v) is 22.6. The van der Waals surface area contributed by atoms with Crippen molar-refractivity contribution in [3.05, 3.63) is 52.0 Å². The number of nitrogens with one attached hydrogen (secondary N) is 3. The van der Waals surface area contributed by atoms with Gasteiger partial charge in [0.2, 0.25) is 17.7 Å². The van der Waals surface area contributed by atoms with E-state index in [0.29, 0.717) is 18.8 Å². The number of carbonyl (C=O) groups is 6. The number of amides is 3. The van der Waals surface area contributed by atoms with Crippen molar-refractivity contribution >= 4 is 74.5 Å². The summed E-state index contributed by atoms with van der Waals surface area (Å²) in [5.74, 6) is -0.828. The molecule has 352 valence electrons. The van der Waals surface area contributed by atoms with Gasteiger partial charge in [-0.05, 0) is 61.5 Å². The Hall–Kier alpha value is -4.54. The summed E-state index contributed by atoms with van der Waals surface area (Å²) in [6, 6.07) is 7.45. The van der Waals surface area contributed by atoms with Gasteiger partial charge in [-0.2, -0.15) is 0 Å². The number of hydrogen-bond donors (Lipinski definition) is 6. The van der Waals surface area contributed by atoms with E-state index in [1.54, 1.807) is 12.1 Å². The summed E-state index contributed by atoms with van der Waals surface area (Å²) in [6.07, 6.45) is 6.26. The number of rotatable bonds is 35. The van der Waals surface area contributed by atoms with Crippen molar-refractivity contribution in [2.45, 2.75) is 75.1 Å². The van der Waals surface area contributed by atoms with Crippen LogP contribution in [0.25, 0.3) is 0 Å². The first-order valence-electron chi connectivity index (χ1n) is 20.2. The quantitative estimate of drug-likeness (QED) is 0.0247. The standard InChI is InChI=1S/C41H57Cl2N3O16S/c1-63(55,56)34-26-30(42)25-32(43)39(34)62-38(50)28-60-24-22-58-20-17-45-37(49)27-59-23-21-57-19-16-44-35(47)15-14-33(41(53)54)46-36(48)9-7-5-3-2-4-6-8-18-61-31-12-10-29(11-13-31)40(51)52/h10-13,25-26,33H,1-9,14-24,27-28H2,(H,44,47)(H,45,49)(H,46,48)(H,51,52)(H,53,54)(H,55,56)/t33-/m0/s1. The van der Waals surface area contributed by atoms with Crippen LogP contribution in [0.4, 0.5) is 0 Å². The van der Waals surface area contributed by atoms with E-state index in [1.807, 2.05) is 0 Å². The molecule has 0 aliphatic heterocycles. The second-order valence-electron chi connectivity index (χ2n) is 13.8. The molecule has 0 aliphatic rings. The van der Waals surface area contributed by atoms with Crippen molar-refractivity contribution in [2.24, 2.45) is 0 Å². The number of halogens is 2. The molecule has 2 atom stereocenters. The maximum Gasteiger partial charge on any atom is 0.337 e. The molecule has 0 aliphatic carbocycles. The van der Waals surface area contributed by atoms with Gasteiger partial charge in [-0.15, -0.1) is 0 Å². The molecule has 2 aromatic rings. The first-order chi connectivity index (χ1) is 30.1. The molecule has 0 fully saturated rings. The van der Waals surface area contributed by atoms with E-state index in [9.17, 15) is 42.6 Å². The van der Waals surface area contributed by atoms with E-state index in [-0.39, 0.29) is 117 Å². The molecule has 3 amide bonds. The third kappa shape index (κ3) is 25.4. The van der Waals surface area contributed by atoms with Gasteiger partial charge < -0.3 is 59.1 Å². The van der Waals surface area contributed by atoms with E-state index in [0.717, 1.165) is 44.6 Å². The Morgan fingerprint density at radius 2 is 1.25 bits per heavy atom. The summed E-state index contributed by atoms with van der Waals surface area (Å²) in [4.78, 5) is 70.8. The average molecular weight is 951 g/mol. The van der Waals surface area contributed by atoms with Gasteiger partial charge in [0.1, 0.15) is 39.7 Å². The molecule has 0 bridgehead atoms. The van der Waals surface area contributed by atoms with Gasteiger partial charge >= 0.3 is 17.9 Å². The van der Waals surface area contributed by atoms with Gasteiger partial charge in [-0.3, -0.25) is 14.4 Å². The van der Waals surface area contributed by atoms with Gasteiger partial charge in [0.25, 0.3) is 0 Å². The molecule has 22 heteroatoms. The average Bonchev–Trinajstić information content (AvgIpc) is 3.22. The second kappa shape index (κ2) is 31.3. The highest BCUT2D eigenvalue weighted by molar-refractivity contribution is 7.95. The smallest absolute Gasteiger partial charge is 0.337 e. The van der Waals surface area contributed by atoms with Crippen molar-refractivity contribution in [1.29, 1.82) is 0 Å². The van der Waals surface area contributed by atoms with Crippen LogP contribution in [0.3, 0.4) is 0 Å². The Bertz CT molecular complexity index is 1870. The number of carboxylic acid groups (broad SMARTS) is 2. The lowest BCUT2D eigenvalue weighted by Crippen LogP contribution is -2.41. The summed E-state index contributed by atoms with van der Waals surface area (Å²) in [6.45, 7) is 0.850. The van der Waals surface area contributed by atoms with Crippen LogP contribution >= 0.6 is 23.2 Å². The van der Waals surface area contributed by atoms with Crippen LogP contribution in [0.5, 0.6) is 11.5 Å². The first kappa shape index (κ1) is 54.6. The highest BCUT2D eigenvalue weighted by atomic mass is 35.5. The monoisotopic (exact) mass is 949 g/mol. The second-order valence-corrected chi connectivity index (χ2v) is 16.3. The van der Waals surface area contributed by atoms with Crippen LogP contribution in [-0.2, 0) is 52.7 Å². The zero-order valence-electron chi connectivity index (χ0n) is 34.9. The zero-order chi connectivity index (χ0) is 46.5. The summed E-state index contributed by atoms with van der Waals surface area (Å²) < 4.78 is 53.6. The minimum absolute atomic E-state index is 0.0102. The lowest BCUT2D eigenvalue weighted by atomic mass is 10.1. The Kier molecular flexibility index (Phi) is 27.2. The molecular weight excluding hydrogens is 893 g/mol. The number of carboxylic acids is 2. The highest BCUT2D eigenvalue weighted by Crippen LogP contribution is 2.35. The number of benzene rings is 2.